The summed E-state index contributed by atoms with van der Waals surface area (Å²) in [6.07, 6.45) is 5.19. The molecular weight excluding hydrogens is 406 g/mol. The van der Waals surface area contributed by atoms with E-state index in [0.717, 1.165) is 33.5 Å². The van der Waals surface area contributed by atoms with Crippen LogP contribution < -0.4 is 5.32 Å². The molecule has 2 heterocycles. The molecule has 0 aliphatic carbocycles. The summed E-state index contributed by atoms with van der Waals surface area (Å²) in [5.41, 5.74) is 3.77. The summed E-state index contributed by atoms with van der Waals surface area (Å²) in [5.74, 6) is 3.25. The second-order valence-electron chi connectivity index (χ2n) is 6.76. The first-order chi connectivity index (χ1) is 15.2. The van der Waals surface area contributed by atoms with Crippen LogP contribution in [0.4, 0.5) is 0 Å². The summed E-state index contributed by atoms with van der Waals surface area (Å²) in [4.78, 5) is 16.8. The van der Waals surface area contributed by atoms with Crippen LogP contribution in [0.1, 0.15) is 6.92 Å². The largest absolute Gasteiger partial charge is 0.344 e. The molecule has 4 aromatic rings. The number of benzene rings is 2. The molecule has 31 heavy (non-hydrogen) atoms. The monoisotopic (exact) mass is 427 g/mol. The van der Waals surface area contributed by atoms with Crippen LogP contribution in [0.15, 0.2) is 65.8 Å². The van der Waals surface area contributed by atoms with Crippen molar-refractivity contribution in [2.24, 2.45) is 0 Å². The maximum atomic E-state index is 11.9. The average Bonchev–Trinajstić information content (AvgIpc) is 3.24. The summed E-state index contributed by atoms with van der Waals surface area (Å²) in [5, 5.41) is 13.2. The van der Waals surface area contributed by atoms with Gasteiger partial charge in [-0.15, -0.1) is 16.6 Å². The summed E-state index contributed by atoms with van der Waals surface area (Å²) in [7, 11) is 0. The van der Waals surface area contributed by atoms with E-state index in [9.17, 15) is 4.79 Å². The number of hydrogen-bond donors (Lipinski definition) is 1. The maximum absolute atomic E-state index is 11.9. The molecule has 1 N–H and O–H groups in total. The Kier molecular flexibility index (Phi) is 6.29. The zero-order valence-electron chi connectivity index (χ0n) is 17.1. The predicted octanol–water partition coefficient (Wildman–Crippen LogP) is 4.02. The van der Waals surface area contributed by atoms with Gasteiger partial charge in [0.25, 0.3) is 0 Å². The lowest BCUT2D eigenvalue weighted by Gasteiger charge is -2.11. The zero-order chi connectivity index (χ0) is 21.6. The Balaban J connectivity index is 1.75. The molecule has 4 rings (SSSR count). The number of thioether (sulfide) groups is 1. The Bertz CT molecular complexity index is 1260. The molecule has 0 saturated carbocycles. The zero-order valence-corrected chi connectivity index (χ0v) is 17.9. The minimum atomic E-state index is -0.129. The number of hydrogen-bond acceptors (Lipinski definition) is 5. The number of rotatable bonds is 7. The second kappa shape index (κ2) is 9.45. The first-order valence-corrected chi connectivity index (χ1v) is 10.9. The minimum Gasteiger partial charge on any atom is -0.344 e. The minimum absolute atomic E-state index is 0.129. The quantitative estimate of drug-likeness (QED) is 0.356. The van der Waals surface area contributed by atoms with Gasteiger partial charge in [0.05, 0.1) is 23.5 Å². The van der Waals surface area contributed by atoms with Crippen molar-refractivity contribution in [1.29, 1.82) is 0 Å². The molecule has 154 valence electrons. The Morgan fingerprint density at radius 3 is 2.68 bits per heavy atom. The molecule has 0 spiro atoms. The number of fused-ring (bicyclic) bond motifs is 1. The second-order valence-corrected chi connectivity index (χ2v) is 7.70. The van der Waals surface area contributed by atoms with Gasteiger partial charge in [0, 0.05) is 23.1 Å². The lowest BCUT2D eigenvalue weighted by molar-refractivity contribution is -0.118. The Morgan fingerprint density at radius 1 is 1.13 bits per heavy atom. The fraction of sp³-hybridized carbons (Fsp3) is 0.167. The molecule has 0 aliphatic heterocycles. The molecular formula is C24H21N5OS. The van der Waals surface area contributed by atoms with E-state index >= 15 is 0 Å². The van der Waals surface area contributed by atoms with Crippen LogP contribution in [0.5, 0.6) is 0 Å². The highest BCUT2D eigenvalue weighted by atomic mass is 32.2. The van der Waals surface area contributed by atoms with Crippen LogP contribution in [-0.4, -0.2) is 38.0 Å². The molecule has 0 atom stereocenters. The number of nitrogens with one attached hydrogen (secondary N) is 1. The van der Waals surface area contributed by atoms with Gasteiger partial charge in [-0.3, -0.25) is 4.79 Å². The molecule has 2 aromatic heterocycles. The summed E-state index contributed by atoms with van der Waals surface area (Å²) in [6, 6.07) is 20.2. The van der Waals surface area contributed by atoms with E-state index in [-0.39, 0.29) is 18.2 Å². The Morgan fingerprint density at radius 2 is 1.90 bits per heavy atom. The van der Waals surface area contributed by atoms with Crippen molar-refractivity contribution in [3.05, 3.63) is 60.7 Å². The number of nitrogens with zero attached hydrogens (tertiary/aromatic N) is 4. The Hall–Kier alpha value is -3.63. The molecule has 2 aromatic carbocycles. The van der Waals surface area contributed by atoms with Crippen molar-refractivity contribution in [3.8, 4) is 35.0 Å². The molecule has 6 nitrogen and oxygen atoms in total. The number of pyridine rings is 1. The number of amides is 1. The summed E-state index contributed by atoms with van der Waals surface area (Å²) >= 11 is 1.34. The van der Waals surface area contributed by atoms with Gasteiger partial charge < -0.3 is 9.88 Å². The van der Waals surface area contributed by atoms with Crippen molar-refractivity contribution in [2.45, 2.75) is 18.6 Å². The van der Waals surface area contributed by atoms with E-state index in [1.54, 1.807) is 0 Å². The van der Waals surface area contributed by atoms with Crippen molar-refractivity contribution in [2.75, 3.05) is 12.3 Å². The van der Waals surface area contributed by atoms with E-state index in [2.05, 4.69) is 27.5 Å². The lowest BCUT2D eigenvalue weighted by Crippen LogP contribution is -2.25. The van der Waals surface area contributed by atoms with E-state index in [0.29, 0.717) is 11.7 Å². The normalized spacial score (nSPS) is 10.7. The van der Waals surface area contributed by atoms with Gasteiger partial charge in [-0.1, -0.05) is 66.2 Å². The smallest absolute Gasteiger partial charge is 0.231 e. The molecule has 0 bridgehead atoms. The van der Waals surface area contributed by atoms with Crippen LogP contribution in [0.3, 0.4) is 0 Å². The number of terminal acetylenes is 1. The van der Waals surface area contributed by atoms with E-state index in [1.165, 1.54) is 11.8 Å². The average molecular weight is 428 g/mol. The van der Waals surface area contributed by atoms with Gasteiger partial charge in [0.1, 0.15) is 0 Å². The van der Waals surface area contributed by atoms with Crippen molar-refractivity contribution >= 4 is 28.6 Å². The third kappa shape index (κ3) is 4.44. The number of carbonyl (C=O) groups excluding carboxylic acids is 1. The van der Waals surface area contributed by atoms with Crippen LogP contribution in [0, 0.1) is 12.3 Å². The van der Waals surface area contributed by atoms with Crippen LogP contribution in [0.25, 0.3) is 33.5 Å². The van der Waals surface area contributed by atoms with Crippen molar-refractivity contribution in [1.82, 2.24) is 25.1 Å². The molecule has 0 unspecified atom stereocenters. The molecule has 0 radical (unpaired) electrons. The standard InChI is InChI=1S/C24H21N5OS/c1-3-14-25-22(30)16-31-24-28-27-23(29(24)4-2)19-15-21(17-10-6-5-7-11-17)26-20-13-9-8-12-18(19)20/h1,5-13,15H,4,14,16H2,2H3,(H,25,30). The Labute approximate surface area is 185 Å². The van der Waals surface area contributed by atoms with Crippen LogP contribution >= 0.6 is 11.8 Å². The number of para-hydroxylation sites is 1. The van der Waals surface area contributed by atoms with Crippen molar-refractivity contribution in [3.63, 3.8) is 0 Å². The fourth-order valence-electron chi connectivity index (χ4n) is 3.33. The lowest BCUT2D eigenvalue weighted by atomic mass is 10.0. The topological polar surface area (TPSA) is 72.7 Å². The first kappa shape index (κ1) is 20.6. The van der Waals surface area contributed by atoms with Gasteiger partial charge in [-0.25, -0.2) is 4.98 Å². The highest BCUT2D eigenvalue weighted by Crippen LogP contribution is 2.32. The van der Waals surface area contributed by atoms with E-state index < -0.39 is 0 Å². The molecule has 1 amide bonds. The predicted molar refractivity (Wildman–Crippen MR) is 124 cm³/mol. The van der Waals surface area contributed by atoms with Gasteiger partial charge in [-0.05, 0) is 19.1 Å². The first-order valence-electron chi connectivity index (χ1n) is 9.93. The number of carbonyl (C=O) groups is 1. The third-order valence-electron chi connectivity index (χ3n) is 4.78. The maximum Gasteiger partial charge on any atom is 0.231 e. The highest BCUT2D eigenvalue weighted by molar-refractivity contribution is 7.99. The third-order valence-corrected chi connectivity index (χ3v) is 5.75. The van der Waals surface area contributed by atoms with Gasteiger partial charge in [0.15, 0.2) is 11.0 Å². The van der Waals surface area contributed by atoms with Crippen LogP contribution in [0.2, 0.25) is 0 Å². The van der Waals surface area contributed by atoms with Crippen molar-refractivity contribution < 1.29 is 4.79 Å². The summed E-state index contributed by atoms with van der Waals surface area (Å²) < 4.78 is 2.02. The molecule has 0 fully saturated rings. The van der Waals surface area contributed by atoms with E-state index in [4.69, 9.17) is 11.4 Å². The van der Waals surface area contributed by atoms with Gasteiger partial charge in [0.2, 0.25) is 5.91 Å². The summed E-state index contributed by atoms with van der Waals surface area (Å²) in [6.45, 7) is 2.93. The fourth-order valence-corrected chi connectivity index (χ4v) is 4.16. The highest BCUT2D eigenvalue weighted by Gasteiger charge is 2.18. The van der Waals surface area contributed by atoms with E-state index in [1.807, 2.05) is 66.1 Å². The SMILES string of the molecule is C#CCNC(=O)CSc1nnc(-c2cc(-c3ccccc3)nc3ccccc23)n1CC. The molecule has 0 saturated heterocycles. The molecule has 0 aliphatic rings. The van der Waals surface area contributed by atoms with Gasteiger partial charge >= 0.3 is 0 Å². The molecule has 7 heteroatoms. The van der Waals surface area contributed by atoms with Crippen LogP contribution in [-0.2, 0) is 11.3 Å². The number of aromatic nitrogens is 4. The van der Waals surface area contributed by atoms with Gasteiger partial charge in [-0.2, -0.15) is 0 Å².